The van der Waals surface area contributed by atoms with Crippen LogP contribution in [0.4, 0.5) is 11.4 Å². The summed E-state index contributed by atoms with van der Waals surface area (Å²) in [7, 11) is -3.73. The van der Waals surface area contributed by atoms with Gasteiger partial charge >= 0.3 is 0 Å². The molecule has 188 valence electrons. The number of fused-ring (bicyclic) bond motifs is 3. The van der Waals surface area contributed by atoms with Crippen molar-refractivity contribution in [1.82, 2.24) is 0 Å². The fraction of sp³-hybridized carbons (Fsp3) is 0.333. The van der Waals surface area contributed by atoms with Crippen molar-refractivity contribution in [3.05, 3.63) is 95.6 Å². The van der Waals surface area contributed by atoms with Gasteiger partial charge in [0.2, 0.25) is 0 Å². The molecular formula is C30H34N2O3S. The predicted octanol–water partition coefficient (Wildman–Crippen LogP) is 7.01. The maximum atomic E-state index is 13.2. The van der Waals surface area contributed by atoms with Gasteiger partial charge in [-0.25, -0.2) is 8.42 Å². The average molecular weight is 503 g/mol. The summed E-state index contributed by atoms with van der Waals surface area (Å²) in [5, 5.41) is 3.72. The molecule has 1 heterocycles. The molecular weight excluding hydrogens is 468 g/mol. The van der Waals surface area contributed by atoms with Crippen LogP contribution in [0.1, 0.15) is 62.8 Å². The Hall–Kier alpha value is -3.25. The molecule has 3 aromatic rings. The van der Waals surface area contributed by atoms with Gasteiger partial charge in [0, 0.05) is 17.3 Å². The Bertz CT molecular complexity index is 1370. The number of hydrogen-bond donors (Lipinski definition) is 2. The van der Waals surface area contributed by atoms with Crippen molar-refractivity contribution in [3.63, 3.8) is 0 Å². The Balaban J connectivity index is 1.41. The third kappa shape index (κ3) is 4.74. The highest BCUT2D eigenvalue weighted by Gasteiger charge is 2.38. The summed E-state index contributed by atoms with van der Waals surface area (Å²) in [6.45, 7) is 9.16. The minimum atomic E-state index is -3.73. The van der Waals surface area contributed by atoms with E-state index in [0.29, 0.717) is 24.0 Å². The van der Waals surface area contributed by atoms with Crippen molar-refractivity contribution in [2.24, 2.45) is 5.92 Å². The maximum Gasteiger partial charge on any atom is 0.261 e. The van der Waals surface area contributed by atoms with E-state index >= 15 is 0 Å². The molecule has 6 heteroatoms. The van der Waals surface area contributed by atoms with E-state index in [2.05, 4.69) is 67.2 Å². The second-order valence-corrected chi connectivity index (χ2v) is 12.3. The second kappa shape index (κ2) is 9.32. The summed E-state index contributed by atoms with van der Waals surface area (Å²) in [5.74, 6) is 1.23. The van der Waals surface area contributed by atoms with Gasteiger partial charge in [-0.05, 0) is 83.8 Å². The molecule has 36 heavy (non-hydrogen) atoms. The van der Waals surface area contributed by atoms with E-state index in [0.717, 1.165) is 17.7 Å². The minimum Gasteiger partial charge on any atom is -0.494 e. The highest BCUT2D eigenvalue weighted by Crippen LogP contribution is 2.50. The SMILES string of the molecule is CCOc1ccc(NS(=O)(=O)c2ccc3c(c2)[C@H]2C=CC[C@H]2[C@@H](c2ccc(C(C)(C)C)cc2)N3)cc1. The molecule has 0 saturated carbocycles. The van der Waals surface area contributed by atoms with Crippen LogP contribution in [-0.2, 0) is 15.4 Å². The van der Waals surface area contributed by atoms with Gasteiger partial charge in [-0.15, -0.1) is 0 Å². The van der Waals surface area contributed by atoms with E-state index in [1.165, 1.54) is 11.1 Å². The zero-order valence-corrected chi connectivity index (χ0v) is 22.1. The zero-order valence-electron chi connectivity index (χ0n) is 21.3. The van der Waals surface area contributed by atoms with Gasteiger partial charge in [0.05, 0.1) is 17.5 Å². The van der Waals surface area contributed by atoms with Gasteiger partial charge in [0.15, 0.2) is 0 Å². The van der Waals surface area contributed by atoms with Gasteiger partial charge in [0.1, 0.15) is 5.75 Å². The van der Waals surface area contributed by atoms with Crippen molar-refractivity contribution < 1.29 is 13.2 Å². The van der Waals surface area contributed by atoms with Crippen LogP contribution >= 0.6 is 0 Å². The molecule has 3 atom stereocenters. The Kier molecular flexibility index (Phi) is 6.33. The van der Waals surface area contributed by atoms with Crippen molar-refractivity contribution >= 4 is 21.4 Å². The molecule has 5 nitrogen and oxygen atoms in total. The molecule has 0 spiro atoms. The standard InChI is InChI=1S/C30H34N2O3S/c1-5-35-23-15-13-22(14-16-23)32-36(33,34)24-17-18-28-27(19-24)25-7-6-8-26(25)29(31-28)20-9-11-21(12-10-20)30(2,3)4/h6-7,9-19,25-26,29,31-32H,5,8H2,1-4H3/t25-,26+,29+/m0/s1. The molecule has 0 amide bonds. The molecule has 0 unspecified atom stereocenters. The third-order valence-corrected chi connectivity index (χ3v) is 8.58. The summed E-state index contributed by atoms with van der Waals surface area (Å²) in [5.41, 5.74) is 5.23. The number of sulfonamides is 1. The monoisotopic (exact) mass is 502 g/mol. The lowest BCUT2D eigenvalue weighted by Crippen LogP contribution is -2.29. The Morgan fingerprint density at radius 3 is 2.39 bits per heavy atom. The molecule has 0 bridgehead atoms. The first-order valence-electron chi connectivity index (χ1n) is 12.6. The first-order chi connectivity index (χ1) is 17.2. The number of rotatable bonds is 6. The molecule has 0 radical (unpaired) electrons. The summed E-state index contributed by atoms with van der Waals surface area (Å²) < 4.78 is 34.6. The summed E-state index contributed by atoms with van der Waals surface area (Å²) in [4.78, 5) is 0.268. The van der Waals surface area contributed by atoms with Crippen LogP contribution in [0.25, 0.3) is 0 Å². The average Bonchev–Trinajstić information content (AvgIpc) is 3.34. The Morgan fingerprint density at radius 2 is 1.72 bits per heavy atom. The molecule has 1 aliphatic carbocycles. The van der Waals surface area contributed by atoms with Gasteiger partial charge in [-0.3, -0.25) is 4.72 Å². The van der Waals surface area contributed by atoms with Gasteiger partial charge < -0.3 is 10.1 Å². The highest BCUT2D eigenvalue weighted by molar-refractivity contribution is 7.92. The fourth-order valence-electron chi connectivity index (χ4n) is 5.26. The van der Waals surface area contributed by atoms with E-state index < -0.39 is 10.0 Å². The topological polar surface area (TPSA) is 67.4 Å². The predicted molar refractivity (Wildman–Crippen MR) is 146 cm³/mol. The lowest BCUT2D eigenvalue weighted by atomic mass is 9.76. The lowest BCUT2D eigenvalue weighted by Gasteiger charge is -2.38. The Morgan fingerprint density at radius 1 is 1.00 bits per heavy atom. The number of ether oxygens (including phenoxy) is 1. The summed E-state index contributed by atoms with van der Waals surface area (Å²) in [6, 6.07) is 21.5. The fourth-order valence-corrected chi connectivity index (χ4v) is 6.35. The number of hydrogen-bond acceptors (Lipinski definition) is 4. The number of allylic oxidation sites excluding steroid dienone is 2. The first kappa shape index (κ1) is 24.4. The first-order valence-corrected chi connectivity index (χ1v) is 14.1. The van der Waals surface area contributed by atoms with Gasteiger partial charge in [-0.2, -0.15) is 0 Å². The largest absolute Gasteiger partial charge is 0.494 e. The number of nitrogens with one attached hydrogen (secondary N) is 2. The van der Waals surface area contributed by atoms with Crippen LogP contribution in [0.15, 0.2) is 83.8 Å². The number of anilines is 2. The van der Waals surface area contributed by atoms with E-state index in [-0.39, 0.29) is 22.3 Å². The molecule has 5 rings (SSSR count). The van der Waals surface area contributed by atoms with Crippen LogP contribution in [0.2, 0.25) is 0 Å². The van der Waals surface area contributed by atoms with Crippen LogP contribution < -0.4 is 14.8 Å². The second-order valence-electron chi connectivity index (χ2n) is 10.7. The lowest BCUT2D eigenvalue weighted by molar-refractivity contribution is 0.340. The van der Waals surface area contributed by atoms with Crippen LogP contribution in [0.5, 0.6) is 5.75 Å². The zero-order chi connectivity index (χ0) is 25.5. The summed E-state index contributed by atoms with van der Waals surface area (Å²) >= 11 is 0. The van der Waals surface area contributed by atoms with Crippen molar-refractivity contribution in [2.45, 2.75) is 56.4 Å². The Labute approximate surface area is 214 Å². The molecule has 0 aromatic heterocycles. The molecule has 3 aromatic carbocycles. The third-order valence-electron chi connectivity index (χ3n) is 7.20. The number of benzene rings is 3. The molecule has 2 aliphatic rings. The van der Waals surface area contributed by atoms with E-state index in [9.17, 15) is 8.42 Å². The van der Waals surface area contributed by atoms with Crippen LogP contribution in [-0.4, -0.2) is 15.0 Å². The molecule has 2 N–H and O–H groups in total. The van der Waals surface area contributed by atoms with E-state index in [1.807, 2.05) is 19.1 Å². The van der Waals surface area contributed by atoms with Crippen LogP contribution in [0, 0.1) is 5.92 Å². The quantitative estimate of drug-likeness (QED) is 0.356. The molecule has 0 fully saturated rings. The minimum absolute atomic E-state index is 0.115. The van der Waals surface area contributed by atoms with E-state index in [1.54, 1.807) is 30.3 Å². The summed E-state index contributed by atoms with van der Waals surface area (Å²) in [6.07, 6.45) is 5.42. The normalized spacial score (nSPS) is 20.8. The van der Waals surface area contributed by atoms with Gasteiger partial charge in [0.25, 0.3) is 10.0 Å². The molecule has 1 aliphatic heterocycles. The van der Waals surface area contributed by atoms with Crippen LogP contribution in [0.3, 0.4) is 0 Å². The van der Waals surface area contributed by atoms with Crippen molar-refractivity contribution in [3.8, 4) is 5.75 Å². The maximum absolute atomic E-state index is 13.2. The molecule has 0 saturated heterocycles. The van der Waals surface area contributed by atoms with E-state index in [4.69, 9.17) is 4.74 Å². The van der Waals surface area contributed by atoms with Gasteiger partial charge in [-0.1, -0.05) is 57.2 Å². The van der Waals surface area contributed by atoms with Crippen molar-refractivity contribution in [2.75, 3.05) is 16.6 Å². The smallest absolute Gasteiger partial charge is 0.261 e. The highest BCUT2D eigenvalue weighted by atomic mass is 32.2. The van der Waals surface area contributed by atoms with Crippen molar-refractivity contribution in [1.29, 1.82) is 0 Å².